The summed E-state index contributed by atoms with van der Waals surface area (Å²) >= 11 is 6.07. The molecule has 1 N–H and O–H groups in total. The maximum atomic E-state index is 6.07. The predicted octanol–water partition coefficient (Wildman–Crippen LogP) is 2.25. The first-order valence-corrected chi connectivity index (χ1v) is 5.64. The van der Waals surface area contributed by atoms with Gasteiger partial charge in [-0.05, 0) is 25.2 Å². The summed E-state index contributed by atoms with van der Waals surface area (Å²) in [6.45, 7) is 0.796. The van der Waals surface area contributed by atoms with Gasteiger partial charge in [0.15, 0.2) is 0 Å². The van der Waals surface area contributed by atoms with Gasteiger partial charge in [-0.1, -0.05) is 11.6 Å². The molecule has 0 unspecified atom stereocenters. The zero-order chi connectivity index (χ0) is 12.3. The minimum absolute atomic E-state index is 0.579. The van der Waals surface area contributed by atoms with Crippen molar-refractivity contribution in [1.82, 2.24) is 15.1 Å². The molecule has 0 saturated carbocycles. The lowest BCUT2D eigenvalue weighted by Crippen LogP contribution is -2.03. The third kappa shape index (κ3) is 2.60. The number of rotatable bonds is 4. The number of ether oxygens (including phenoxy) is 1. The SMILES string of the molecule is CNCc1cnn(-c2ccc(OC)c(Cl)c2)c1. The van der Waals surface area contributed by atoms with Crippen molar-refractivity contribution in [3.63, 3.8) is 0 Å². The van der Waals surface area contributed by atoms with Crippen LogP contribution in [0.3, 0.4) is 0 Å². The van der Waals surface area contributed by atoms with Gasteiger partial charge in [0.05, 0.1) is 24.0 Å². The highest BCUT2D eigenvalue weighted by molar-refractivity contribution is 6.32. The molecule has 0 aliphatic carbocycles. The van der Waals surface area contributed by atoms with E-state index in [4.69, 9.17) is 16.3 Å². The molecule has 17 heavy (non-hydrogen) atoms. The second kappa shape index (κ2) is 5.21. The third-order valence-electron chi connectivity index (χ3n) is 2.42. The summed E-state index contributed by atoms with van der Waals surface area (Å²) in [5, 5.41) is 7.94. The van der Waals surface area contributed by atoms with Crippen molar-refractivity contribution in [1.29, 1.82) is 0 Å². The van der Waals surface area contributed by atoms with Crippen LogP contribution in [0.1, 0.15) is 5.56 Å². The Bertz CT molecular complexity index is 510. The van der Waals surface area contributed by atoms with Gasteiger partial charge in [-0.15, -0.1) is 0 Å². The van der Waals surface area contributed by atoms with E-state index in [0.717, 1.165) is 17.8 Å². The lowest BCUT2D eigenvalue weighted by molar-refractivity contribution is 0.415. The molecule has 1 heterocycles. The van der Waals surface area contributed by atoms with Gasteiger partial charge < -0.3 is 10.1 Å². The van der Waals surface area contributed by atoms with E-state index in [1.165, 1.54) is 0 Å². The summed E-state index contributed by atoms with van der Waals surface area (Å²) in [7, 11) is 3.50. The number of hydrogen-bond acceptors (Lipinski definition) is 3. The minimum Gasteiger partial charge on any atom is -0.495 e. The number of halogens is 1. The van der Waals surface area contributed by atoms with Gasteiger partial charge in [-0.2, -0.15) is 5.10 Å². The van der Waals surface area contributed by atoms with E-state index in [2.05, 4.69) is 10.4 Å². The molecule has 0 fully saturated rings. The van der Waals surface area contributed by atoms with Crippen LogP contribution in [0.15, 0.2) is 30.6 Å². The molecule has 0 bridgehead atoms. The van der Waals surface area contributed by atoms with Crippen LogP contribution in [0.4, 0.5) is 0 Å². The van der Waals surface area contributed by atoms with Crippen LogP contribution in [0.2, 0.25) is 5.02 Å². The lowest BCUT2D eigenvalue weighted by Gasteiger charge is -2.05. The quantitative estimate of drug-likeness (QED) is 0.906. The summed E-state index contributed by atoms with van der Waals surface area (Å²) in [6.07, 6.45) is 3.79. The lowest BCUT2D eigenvalue weighted by atomic mass is 10.3. The number of aromatic nitrogens is 2. The standard InChI is InChI=1S/C12H14ClN3O/c1-14-6-9-7-15-16(8-9)10-3-4-12(17-2)11(13)5-10/h3-5,7-8,14H,6H2,1-2H3. The van der Waals surface area contributed by atoms with Crippen molar-refractivity contribution in [2.24, 2.45) is 0 Å². The first-order valence-electron chi connectivity index (χ1n) is 5.26. The van der Waals surface area contributed by atoms with Gasteiger partial charge in [-0.25, -0.2) is 4.68 Å². The van der Waals surface area contributed by atoms with Crippen LogP contribution < -0.4 is 10.1 Å². The highest BCUT2D eigenvalue weighted by Crippen LogP contribution is 2.26. The van der Waals surface area contributed by atoms with E-state index < -0.39 is 0 Å². The average molecular weight is 252 g/mol. The Balaban J connectivity index is 2.29. The average Bonchev–Trinajstić information content (AvgIpc) is 2.78. The van der Waals surface area contributed by atoms with E-state index >= 15 is 0 Å². The molecular weight excluding hydrogens is 238 g/mol. The monoisotopic (exact) mass is 251 g/mol. The fraction of sp³-hybridized carbons (Fsp3) is 0.250. The Morgan fingerprint density at radius 1 is 1.47 bits per heavy atom. The fourth-order valence-electron chi connectivity index (χ4n) is 1.59. The van der Waals surface area contributed by atoms with Crippen molar-refractivity contribution >= 4 is 11.6 Å². The Labute approximate surface area is 105 Å². The Morgan fingerprint density at radius 3 is 2.94 bits per heavy atom. The van der Waals surface area contributed by atoms with Crippen molar-refractivity contribution in [2.45, 2.75) is 6.54 Å². The Hall–Kier alpha value is -1.52. The molecule has 0 radical (unpaired) electrons. The van der Waals surface area contributed by atoms with Crippen molar-refractivity contribution in [2.75, 3.05) is 14.2 Å². The smallest absolute Gasteiger partial charge is 0.137 e. The van der Waals surface area contributed by atoms with E-state index in [9.17, 15) is 0 Å². The number of nitrogens with zero attached hydrogens (tertiary/aromatic N) is 2. The van der Waals surface area contributed by atoms with Crippen LogP contribution >= 0.6 is 11.6 Å². The largest absolute Gasteiger partial charge is 0.495 e. The summed E-state index contributed by atoms with van der Waals surface area (Å²) in [6, 6.07) is 5.58. The zero-order valence-corrected chi connectivity index (χ0v) is 10.5. The number of methoxy groups -OCH3 is 1. The third-order valence-corrected chi connectivity index (χ3v) is 2.71. The van der Waals surface area contributed by atoms with E-state index in [1.54, 1.807) is 11.8 Å². The molecule has 0 amide bonds. The van der Waals surface area contributed by atoms with Gasteiger partial charge in [0.25, 0.3) is 0 Å². The molecular formula is C12H14ClN3O. The maximum Gasteiger partial charge on any atom is 0.137 e. The number of hydrogen-bond donors (Lipinski definition) is 1. The van der Waals surface area contributed by atoms with Crippen molar-refractivity contribution < 1.29 is 4.74 Å². The molecule has 2 rings (SSSR count). The number of benzene rings is 1. The molecule has 1 aromatic heterocycles. The summed E-state index contributed by atoms with van der Waals surface area (Å²) in [5.74, 6) is 0.665. The van der Waals surface area contributed by atoms with E-state index in [0.29, 0.717) is 10.8 Å². The van der Waals surface area contributed by atoms with Gasteiger partial charge in [-0.3, -0.25) is 0 Å². The van der Waals surface area contributed by atoms with Gasteiger partial charge in [0.1, 0.15) is 5.75 Å². The molecule has 2 aromatic rings. The first kappa shape index (κ1) is 12.0. The molecule has 5 heteroatoms. The normalized spacial score (nSPS) is 10.5. The van der Waals surface area contributed by atoms with Crippen molar-refractivity contribution in [3.05, 3.63) is 41.2 Å². The van der Waals surface area contributed by atoms with Crippen LogP contribution in [0.25, 0.3) is 5.69 Å². The van der Waals surface area contributed by atoms with Gasteiger partial charge in [0, 0.05) is 18.3 Å². The van der Waals surface area contributed by atoms with Crippen LogP contribution in [-0.2, 0) is 6.54 Å². The summed E-state index contributed by atoms with van der Waals surface area (Å²) in [5.41, 5.74) is 2.04. The maximum absolute atomic E-state index is 6.07. The topological polar surface area (TPSA) is 39.1 Å². The highest BCUT2D eigenvalue weighted by atomic mass is 35.5. The van der Waals surface area contributed by atoms with E-state index in [1.807, 2.05) is 37.6 Å². The van der Waals surface area contributed by atoms with E-state index in [-0.39, 0.29) is 0 Å². The first-order chi connectivity index (χ1) is 8.24. The van der Waals surface area contributed by atoms with Crippen LogP contribution in [-0.4, -0.2) is 23.9 Å². The molecule has 0 aliphatic heterocycles. The summed E-state index contributed by atoms with van der Waals surface area (Å²) < 4.78 is 6.90. The van der Waals surface area contributed by atoms with Crippen LogP contribution in [0, 0.1) is 0 Å². The van der Waals surface area contributed by atoms with Crippen LogP contribution in [0.5, 0.6) is 5.75 Å². The molecule has 1 aromatic carbocycles. The van der Waals surface area contributed by atoms with Crippen molar-refractivity contribution in [3.8, 4) is 11.4 Å². The Morgan fingerprint density at radius 2 is 2.29 bits per heavy atom. The summed E-state index contributed by atoms with van der Waals surface area (Å²) in [4.78, 5) is 0. The molecule has 0 aliphatic rings. The second-order valence-electron chi connectivity index (χ2n) is 3.64. The molecule has 90 valence electrons. The minimum atomic E-state index is 0.579. The fourth-order valence-corrected chi connectivity index (χ4v) is 1.85. The Kier molecular flexibility index (Phi) is 3.66. The second-order valence-corrected chi connectivity index (χ2v) is 4.05. The van der Waals surface area contributed by atoms with Gasteiger partial charge >= 0.3 is 0 Å². The van der Waals surface area contributed by atoms with Gasteiger partial charge in [0.2, 0.25) is 0 Å². The highest BCUT2D eigenvalue weighted by Gasteiger charge is 2.04. The number of nitrogens with one attached hydrogen (secondary N) is 1. The molecule has 4 nitrogen and oxygen atoms in total. The molecule has 0 atom stereocenters. The zero-order valence-electron chi connectivity index (χ0n) is 9.77. The predicted molar refractivity (Wildman–Crippen MR) is 67.9 cm³/mol. The molecule has 0 saturated heterocycles. The molecule has 0 spiro atoms.